The molecule has 0 aliphatic heterocycles. The van der Waals surface area contributed by atoms with Gasteiger partial charge in [0.15, 0.2) is 0 Å². The van der Waals surface area contributed by atoms with E-state index < -0.39 is 0 Å². The number of rotatable bonds is 3. The smallest absolute Gasteiger partial charge is 0.0824 e. The summed E-state index contributed by atoms with van der Waals surface area (Å²) in [6.45, 7) is 2.09. The molecule has 0 saturated heterocycles. The quantitative estimate of drug-likeness (QED) is 0.807. The molecule has 0 aromatic heterocycles. The topological polar surface area (TPSA) is 47.6 Å². The molecule has 2 aliphatic carbocycles. The lowest BCUT2D eigenvalue weighted by atomic mass is 9.90. The average Bonchev–Trinajstić information content (AvgIpc) is 3.08. The summed E-state index contributed by atoms with van der Waals surface area (Å²) < 4.78 is 0. The SMILES string of the molecule is CCS/C=C1\C=CC(C2(C#N)CC2)=CC1=N. The molecule has 0 aromatic rings. The van der Waals surface area contributed by atoms with E-state index in [4.69, 9.17) is 10.7 Å². The van der Waals surface area contributed by atoms with Crippen LogP contribution in [0.15, 0.2) is 34.8 Å². The van der Waals surface area contributed by atoms with Gasteiger partial charge in [0.1, 0.15) is 0 Å². The van der Waals surface area contributed by atoms with Crippen molar-refractivity contribution in [1.29, 1.82) is 10.7 Å². The standard InChI is InChI=1S/C13H14N2S/c1-2-16-8-10-3-4-11(7-12(10)15)13(9-14)5-6-13/h3-4,7-8,15H,2,5-6H2,1H3/b10-8+,15-12?. The number of thioether (sulfide) groups is 1. The maximum Gasteiger partial charge on any atom is 0.0824 e. The van der Waals surface area contributed by atoms with Gasteiger partial charge in [0.2, 0.25) is 0 Å². The maximum atomic E-state index is 9.09. The Labute approximate surface area is 100 Å². The minimum Gasteiger partial charge on any atom is -0.300 e. The number of allylic oxidation sites excluding steroid dienone is 5. The number of hydrogen-bond donors (Lipinski definition) is 1. The van der Waals surface area contributed by atoms with Gasteiger partial charge in [-0.15, -0.1) is 11.8 Å². The summed E-state index contributed by atoms with van der Waals surface area (Å²) in [5.41, 5.74) is 2.22. The molecular formula is C13H14N2S. The zero-order valence-corrected chi connectivity index (χ0v) is 10.1. The number of nitriles is 1. The van der Waals surface area contributed by atoms with Crippen molar-refractivity contribution in [3.05, 3.63) is 34.8 Å². The summed E-state index contributed by atoms with van der Waals surface area (Å²) >= 11 is 1.70. The van der Waals surface area contributed by atoms with E-state index >= 15 is 0 Å². The Bertz CT molecular complexity index is 445. The van der Waals surface area contributed by atoms with E-state index in [1.54, 1.807) is 11.8 Å². The first-order valence-electron chi connectivity index (χ1n) is 5.44. The Morgan fingerprint density at radius 3 is 2.81 bits per heavy atom. The van der Waals surface area contributed by atoms with E-state index in [0.29, 0.717) is 5.71 Å². The van der Waals surface area contributed by atoms with Gasteiger partial charge in [0.25, 0.3) is 0 Å². The number of hydrogen-bond acceptors (Lipinski definition) is 3. The van der Waals surface area contributed by atoms with E-state index in [1.165, 1.54) is 0 Å². The van der Waals surface area contributed by atoms with E-state index in [1.807, 2.05) is 23.6 Å². The fourth-order valence-electron chi connectivity index (χ4n) is 1.72. The molecule has 0 heterocycles. The van der Waals surface area contributed by atoms with Crippen LogP contribution in [0.1, 0.15) is 19.8 Å². The minimum absolute atomic E-state index is 0.272. The summed E-state index contributed by atoms with van der Waals surface area (Å²) in [5.74, 6) is 1.02. The van der Waals surface area contributed by atoms with Crippen molar-refractivity contribution >= 4 is 17.5 Å². The van der Waals surface area contributed by atoms with Crippen molar-refractivity contribution in [2.75, 3.05) is 5.75 Å². The molecule has 1 saturated carbocycles. The highest BCUT2D eigenvalue weighted by Crippen LogP contribution is 2.52. The van der Waals surface area contributed by atoms with Crippen molar-refractivity contribution in [2.45, 2.75) is 19.8 Å². The Kier molecular flexibility index (Phi) is 3.02. The van der Waals surface area contributed by atoms with Crippen LogP contribution >= 0.6 is 11.8 Å². The van der Waals surface area contributed by atoms with Gasteiger partial charge >= 0.3 is 0 Å². The molecule has 2 nitrogen and oxygen atoms in total. The lowest BCUT2D eigenvalue weighted by Crippen LogP contribution is -2.08. The zero-order chi connectivity index (χ0) is 11.6. The molecule has 0 spiro atoms. The lowest BCUT2D eigenvalue weighted by Gasteiger charge is -2.13. The van der Waals surface area contributed by atoms with Crippen molar-refractivity contribution in [3.8, 4) is 6.07 Å². The van der Waals surface area contributed by atoms with E-state index in [-0.39, 0.29) is 5.41 Å². The van der Waals surface area contributed by atoms with E-state index in [9.17, 15) is 0 Å². The predicted molar refractivity (Wildman–Crippen MR) is 68.4 cm³/mol. The first kappa shape index (κ1) is 11.2. The third kappa shape index (κ3) is 1.98. The number of nitrogens with one attached hydrogen (secondary N) is 1. The Balaban J connectivity index is 2.17. The molecule has 0 amide bonds. The Morgan fingerprint density at radius 2 is 2.31 bits per heavy atom. The van der Waals surface area contributed by atoms with Crippen LogP contribution in [-0.4, -0.2) is 11.5 Å². The van der Waals surface area contributed by atoms with Crippen LogP contribution in [0.5, 0.6) is 0 Å². The molecule has 2 aliphatic rings. The molecule has 0 aromatic carbocycles. The van der Waals surface area contributed by atoms with Crippen LogP contribution < -0.4 is 0 Å². The van der Waals surface area contributed by atoms with Gasteiger partial charge in [-0.3, -0.25) is 0 Å². The van der Waals surface area contributed by atoms with Crippen molar-refractivity contribution in [2.24, 2.45) is 5.41 Å². The molecule has 0 atom stereocenters. The summed E-state index contributed by atoms with van der Waals surface area (Å²) in [6.07, 6.45) is 7.68. The van der Waals surface area contributed by atoms with Gasteiger partial charge in [0, 0.05) is 5.57 Å². The van der Waals surface area contributed by atoms with Crippen LogP contribution in [0.2, 0.25) is 0 Å². The van der Waals surface area contributed by atoms with Crippen LogP contribution in [0.25, 0.3) is 0 Å². The van der Waals surface area contributed by atoms with Crippen LogP contribution in [0.3, 0.4) is 0 Å². The monoisotopic (exact) mass is 230 g/mol. The molecule has 1 N–H and O–H groups in total. The molecule has 16 heavy (non-hydrogen) atoms. The van der Waals surface area contributed by atoms with Gasteiger partial charge < -0.3 is 5.41 Å². The second-order valence-electron chi connectivity index (χ2n) is 4.07. The number of nitrogens with zero attached hydrogens (tertiary/aromatic N) is 1. The highest BCUT2D eigenvalue weighted by molar-refractivity contribution is 8.02. The first-order valence-corrected chi connectivity index (χ1v) is 6.49. The van der Waals surface area contributed by atoms with Gasteiger partial charge in [-0.2, -0.15) is 5.26 Å². The predicted octanol–water partition coefficient (Wildman–Crippen LogP) is 3.44. The Morgan fingerprint density at radius 1 is 1.56 bits per heavy atom. The van der Waals surface area contributed by atoms with Crippen LogP contribution in [-0.2, 0) is 0 Å². The van der Waals surface area contributed by atoms with Crippen molar-refractivity contribution < 1.29 is 0 Å². The lowest BCUT2D eigenvalue weighted by molar-refractivity contribution is 0.829. The third-order valence-electron chi connectivity index (χ3n) is 2.95. The molecule has 2 rings (SSSR count). The van der Waals surface area contributed by atoms with E-state index in [0.717, 1.165) is 29.7 Å². The molecule has 82 valence electrons. The summed E-state index contributed by atoms with van der Waals surface area (Å²) in [6, 6.07) is 2.36. The van der Waals surface area contributed by atoms with Crippen LogP contribution in [0.4, 0.5) is 0 Å². The highest BCUT2D eigenvalue weighted by atomic mass is 32.2. The second-order valence-corrected chi connectivity index (χ2v) is 5.22. The fourth-order valence-corrected chi connectivity index (χ4v) is 2.27. The minimum atomic E-state index is -0.272. The van der Waals surface area contributed by atoms with E-state index in [2.05, 4.69) is 13.0 Å². The van der Waals surface area contributed by atoms with Gasteiger partial charge in [-0.1, -0.05) is 19.1 Å². The van der Waals surface area contributed by atoms with Gasteiger partial charge in [0.05, 0.1) is 17.2 Å². The Hall–Kier alpha value is -1.27. The molecule has 0 bridgehead atoms. The van der Waals surface area contributed by atoms with Crippen LogP contribution in [0, 0.1) is 22.2 Å². The molecular weight excluding hydrogens is 216 g/mol. The summed E-state index contributed by atoms with van der Waals surface area (Å²) in [5, 5.41) is 19.0. The molecule has 0 radical (unpaired) electrons. The normalized spacial score (nSPS) is 24.1. The largest absolute Gasteiger partial charge is 0.300 e. The van der Waals surface area contributed by atoms with Crippen molar-refractivity contribution in [1.82, 2.24) is 0 Å². The molecule has 1 fully saturated rings. The third-order valence-corrected chi connectivity index (χ3v) is 3.70. The first-order chi connectivity index (χ1) is 7.72. The fraction of sp³-hybridized carbons (Fsp3) is 0.385. The van der Waals surface area contributed by atoms with Gasteiger partial charge in [-0.05, 0) is 35.7 Å². The van der Waals surface area contributed by atoms with Crippen molar-refractivity contribution in [3.63, 3.8) is 0 Å². The molecule has 3 heteroatoms. The average molecular weight is 230 g/mol. The van der Waals surface area contributed by atoms with Gasteiger partial charge in [-0.25, -0.2) is 0 Å². The second kappa shape index (κ2) is 4.31. The zero-order valence-electron chi connectivity index (χ0n) is 9.29. The summed E-state index contributed by atoms with van der Waals surface area (Å²) in [4.78, 5) is 0. The summed E-state index contributed by atoms with van der Waals surface area (Å²) in [7, 11) is 0. The highest BCUT2D eigenvalue weighted by Gasteiger charge is 2.46. The molecule has 0 unspecified atom stereocenters. The maximum absolute atomic E-state index is 9.09.